The Balaban J connectivity index is 1.73. The van der Waals surface area contributed by atoms with Crippen LogP contribution in [0.4, 0.5) is 5.13 Å². The number of amides is 1. The lowest BCUT2D eigenvalue weighted by Gasteiger charge is -2.19. The van der Waals surface area contributed by atoms with E-state index in [1.165, 1.54) is 11.3 Å². The van der Waals surface area contributed by atoms with Crippen LogP contribution in [0.5, 0.6) is 11.5 Å². The molecule has 1 aromatic carbocycles. The second kappa shape index (κ2) is 5.57. The predicted octanol–water partition coefficient (Wildman–Crippen LogP) is 1.38. The number of carbonyl (C=O) groups is 1. The van der Waals surface area contributed by atoms with Crippen molar-refractivity contribution in [2.45, 2.75) is 13.0 Å². The Morgan fingerprint density at radius 3 is 2.81 bits per heavy atom. The van der Waals surface area contributed by atoms with E-state index < -0.39 is 0 Å². The number of benzene rings is 1. The Bertz CT molecular complexity index is 673. The number of hydrogen-bond donors (Lipinski definition) is 2. The molecule has 0 spiro atoms. The number of aromatic nitrogens is 2. The number of rotatable bonds is 3. The van der Waals surface area contributed by atoms with Crippen LogP contribution in [0, 0.1) is 0 Å². The van der Waals surface area contributed by atoms with Gasteiger partial charge in [-0.25, -0.2) is 0 Å². The highest BCUT2D eigenvalue weighted by atomic mass is 32.1. The first-order valence-corrected chi connectivity index (χ1v) is 7.24. The molecule has 2 heterocycles. The molecule has 3 N–H and O–H groups in total. The van der Waals surface area contributed by atoms with Crippen LogP contribution in [0.2, 0.25) is 0 Å². The van der Waals surface area contributed by atoms with Crippen LogP contribution >= 0.6 is 11.3 Å². The molecule has 1 atom stereocenters. The smallest absolute Gasteiger partial charge is 0.251 e. The molecule has 0 bridgehead atoms. The fourth-order valence-corrected chi connectivity index (χ4v) is 2.56. The van der Waals surface area contributed by atoms with Gasteiger partial charge in [-0.2, -0.15) is 0 Å². The molecule has 0 unspecified atom stereocenters. The van der Waals surface area contributed by atoms with Crippen LogP contribution in [0.3, 0.4) is 0 Å². The topological polar surface area (TPSA) is 99.4 Å². The average molecular weight is 306 g/mol. The lowest BCUT2D eigenvalue weighted by atomic mass is 10.1. The van der Waals surface area contributed by atoms with E-state index in [4.69, 9.17) is 15.2 Å². The largest absolute Gasteiger partial charge is 0.486 e. The van der Waals surface area contributed by atoms with Crippen LogP contribution in [0.1, 0.15) is 28.3 Å². The summed E-state index contributed by atoms with van der Waals surface area (Å²) in [6.07, 6.45) is 0. The first-order chi connectivity index (χ1) is 10.1. The maximum Gasteiger partial charge on any atom is 0.251 e. The van der Waals surface area contributed by atoms with E-state index in [0.29, 0.717) is 40.4 Å². The highest BCUT2D eigenvalue weighted by molar-refractivity contribution is 7.15. The summed E-state index contributed by atoms with van der Waals surface area (Å²) < 4.78 is 10.9. The fraction of sp³-hybridized carbons (Fsp3) is 0.308. The molecule has 110 valence electrons. The Hall–Kier alpha value is -2.35. The molecule has 7 nitrogen and oxygen atoms in total. The Labute approximate surface area is 125 Å². The molecule has 1 aliphatic rings. The van der Waals surface area contributed by atoms with Crippen molar-refractivity contribution in [1.82, 2.24) is 15.5 Å². The van der Waals surface area contributed by atoms with Gasteiger partial charge in [-0.05, 0) is 25.1 Å². The molecular formula is C13H14N4O3S. The molecule has 1 aromatic heterocycles. The number of nitrogen functional groups attached to an aromatic ring is 1. The second-order valence-electron chi connectivity index (χ2n) is 4.53. The van der Waals surface area contributed by atoms with Crippen molar-refractivity contribution in [2.75, 3.05) is 18.9 Å². The SMILES string of the molecule is C[C@@H](NC(=O)c1ccc2c(c1)OCCO2)c1nnc(N)s1. The molecule has 0 aliphatic carbocycles. The van der Waals surface area contributed by atoms with Crippen molar-refractivity contribution in [3.63, 3.8) is 0 Å². The van der Waals surface area contributed by atoms with Gasteiger partial charge in [-0.3, -0.25) is 4.79 Å². The van der Waals surface area contributed by atoms with Gasteiger partial charge in [0.15, 0.2) is 11.5 Å². The molecule has 0 fully saturated rings. The van der Waals surface area contributed by atoms with Gasteiger partial charge in [0.1, 0.15) is 18.2 Å². The number of ether oxygens (including phenoxy) is 2. The summed E-state index contributed by atoms with van der Waals surface area (Å²) in [5.41, 5.74) is 6.04. The average Bonchev–Trinajstić information content (AvgIpc) is 2.93. The molecule has 0 radical (unpaired) electrons. The van der Waals surface area contributed by atoms with E-state index in [-0.39, 0.29) is 11.9 Å². The van der Waals surface area contributed by atoms with Crippen LogP contribution in [0.25, 0.3) is 0 Å². The normalized spacial score (nSPS) is 14.5. The van der Waals surface area contributed by atoms with Crippen molar-refractivity contribution < 1.29 is 14.3 Å². The minimum absolute atomic E-state index is 0.215. The maximum atomic E-state index is 12.2. The van der Waals surface area contributed by atoms with Gasteiger partial charge in [0.25, 0.3) is 5.91 Å². The van der Waals surface area contributed by atoms with Crippen LogP contribution < -0.4 is 20.5 Å². The number of nitrogens with two attached hydrogens (primary N) is 1. The number of nitrogens with zero attached hydrogens (tertiary/aromatic N) is 2. The Kier molecular flexibility index (Phi) is 3.61. The minimum atomic E-state index is -0.263. The Morgan fingerprint density at radius 2 is 2.10 bits per heavy atom. The molecule has 21 heavy (non-hydrogen) atoms. The second-order valence-corrected chi connectivity index (χ2v) is 5.57. The van der Waals surface area contributed by atoms with E-state index in [1.807, 2.05) is 6.92 Å². The highest BCUT2D eigenvalue weighted by Crippen LogP contribution is 2.31. The van der Waals surface area contributed by atoms with Gasteiger partial charge in [0.05, 0.1) is 6.04 Å². The van der Waals surface area contributed by atoms with Crippen LogP contribution in [-0.4, -0.2) is 29.3 Å². The quantitative estimate of drug-likeness (QED) is 0.889. The lowest BCUT2D eigenvalue weighted by molar-refractivity contribution is 0.0938. The first-order valence-electron chi connectivity index (χ1n) is 6.43. The molecule has 1 aliphatic heterocycles. The van der Waals surface area contributed by atoms with Gasteiger partial charge in [0, 0.05) is 5.56 Å². The van der Waals surface area contributed by atoms with Crippen molar-refractivity contribution in [1.29, 1.82) is 0 Å². The number of fused-ring (bicyclic) bond motifs is 1. The van der Waals surface area contributed by atoms with Crippen molar-refractivity contribution in [3.05, 3.63) is 28.8 Å². The summed E-state index contributed by atoms with van der Waals surface area (Å²) in [6, 6.07) is 4.84. The van der Waals surface area contributed by atoms with Gasteiger partial charge < -0.3 is 20.5 Å². The fourth-order valence-electron chi connectivity index (χ4n) is 1.95. The summed E-state index contributed by atoms with van der Waals surface area (Å²) in [4.78, 5) is 12.2. The summed E-state index contributed by atoms with van der Waals surface area (Å²) >= 11 is 1.25. The molecular weight excluding hydrogens is 292 g/mol. The zero-order chi connectivity index (χ0) is 14.8. The highest BCUT2D eigenvalue weighted by Gasteiger charge is 2.18. The third-order valence-corrected chi connectivity index (χ3v) is 3.91. The van der Waals surface area contributed by atoms with Crippen molar-refractivity contribution in [2.24, 2.45) is 0 Å². The number of carbonyl (C=O) groups excluding carboxylic acids is 1. The number of nitrogens with one attached hydrogen (secondary N) is 1. The zero-order valence-corrected chi connectivity index (χ0v) is 12.1. The van der Waals surface area contributed by atoms with E-state index in [1.54, 1.807) is 18.2 Å². The summed E-state index contributed by atoms with van der Waals surface area (Å²) in [7, 11) is 0. The maximum absolute atomic E-state index is 12.2. The number of anilines is 1. The zero-order valence-electron chi connectivity index (χ0n) is 11.3. The summed E-state index contributed by atoms with van der Waals surface area (Å²) in [5, 5.41) is 11.5. The van der Waals surface area contributed by atoms with Crippen LogP contribution in [-0.2, 0) is 0 Å². The monoisotopic (exact) mass is 306 g/mol. The molecule has 1 amide bonds. The van der Waals surface area contributed by atoms with Gasteiger partial charge in [-0.1, -0.05) is 11.3 Å². The molecule has 0 saturated heterocycles. The van der Waals surface area contributed by atoms with E-state index in [9.17, 15) is 4.79 Å². The minimum Gasteiger partial charge on any atom is -0.486 e. The number of hydrogen-bond acceptors (Lipinski definition) is 7. The van der Waals surface area contributed by atoms with Gasteiger partial charge in [0.2, 0.25) is 5.13 Å². The molecule has 8 heteroatoms. The third kappa shape index (κ3) is 2.89. The molecule has 2 aromatic rings. The Morgan fingerprint density at radius 1 is 1.33 bits per heavy atom. The molecule has 3 rings (SSSR count). The first kappa shape index (κ1) is 13.6. The summed E-state index contributed by atoms with van der Waals surface area (Å²) in [5.74, 6) is 1.03. The van der Waals surface area contributed by atoms with Gasteiger partial charge >= 0.3 is 0 Å². The van der Waals surface area contributed by atoms with Gasteiger partial charge in [-0.15, -0.1) is 10.2 Å². The van der Waals surface area contributed by atoms with E-state index in [0.717, 1.165) is 0 Å². The predicted molar refractivity (Wildman–Crippen MR) is 77.6 cm³/mol. The summed E-state index contributed by atoms with van der Waals surface area (Å²) in [6.45, 7) is 2.84. The van der Waals surface area contributed by atoms with E-state index in [2.05, 4.69) is 15.5 Å². The van der Waals surface area contributed by atoms with Crippen molar-refractivity contribution in [3.8, 4) is 11.5 Å². The molecule has 0 saturated carbocycles. The van der Waals surface area contributed by atoms with Crippen molar-refractivity contribution >= 4 is 22.4 Å². The lowest BCUT2D eigenvalue weighted by Crippen LogP contribution is -2.27. The third-order valence-electron chi connectivity index (χ3n) is 2.98. The van der Waals surface area contributed by atoms with E-state index >= 15 is 0 Å². The van der Waals surface area contributed by atoms with Crippen LogP contribution in [0.15, 0.2) is 18.2 Å². The standard InChI is InChI=1S/C13H14N4O3S/c1-7(12-16-17-13(14)21-12)15-11(18)8-2-3-9-10(6-8)20-5-4-19-9/h2-3,6-7H,4-5H2,1H3,(H2,14,17)(H,15,18)/t7-/m1/s1.